The van der Waals surface area contributed by atoms with Gasteiger partial charge in [0, 0.05) is 12.3 Å². The van der Waals surface area contributed by atoms with Crippen molar-refractivity contribution in [2.45, 2.75) is 84.2 Å². The predicted molar refractivity (Wildman–Crippen MR) is 143 cm³/mol. The number of nitrogens with zero attached hydrogens (tertiary/aromatic N) is 2. The van der Waals surface area contributed by atoms with Crippen molar-refractivity contribution in [1.82, 2.24) is 15.2 Å². The van der Waals surface area contributed by atoms with Crippen LogP contribution in [-0.2, 0) is 22.4 Å². The summed E-state index contributed by atoms with van der Waals surface area (Å²) in [4.78, 5) is 45.1. The Kier molecular flexibility index (Phi) is 10.4. The van der Waals surface area contributed by atoms with E-state index in [1.54, 1.807) is 6.92 Å². The van der Waals surface area contributed by atoms with Crippen LogP contribution in [0.5, 0.6) is 0 Å². The van der Waals surface area contributed by atoms with Crippen LogP contribution in [0, 0.1) is 11.8 Å². The number of likely N-dealkylation sites (tertiary alicyclic amines) is 1. The van der Waals surface area contributed by atoms with Crippen LogP contribution in [-0.4, -0.2) is 47.1 Å². The number of nitrogens with one attached hydrogen (secondary N) is 1. The van der Waals surface area contributed by atoms with Gasteiger partial charge in [0.1, 0.15) is 0 Å². The number of carbonyl (C=O) groups is 3. The molecule has 1 aromatic carbocycles. The van der Waals surface area contributed by atoms with Crippen LogP contribution in [0.15, 0.2) is 34.7 Å². The highest BCUT2D eigenvalue weighted by atomic mass is 16.4. The number of benzene rings is 1. The maximum atomic E-state index is 13.9. The molecule has 3 atom stereocenters. The van der Waals surface area contributed by atoms with Crippen molar-refractivity contribution >= 4 is 17.6 Å². The highest BCUT2D eigenvalue weighted by Crippen LogP contribution is 2.31. The first kappa shape index (κ1) is 28.6. The normalized spacial score (nSPS) is 17.9. The number of primary amides is 1. The first-order valence-corrected chi connectivity index (χ1v) is 13.5. The molecule has 2 aromatic rings. The van der Waals surface area contributed by atoms with Gasteiger partial charge in [-0.25, -0.2) is 4.98 Å². The average Bonchev–Trinajstić information content (AvgIpc) is 3.28. The number of amides is 2. The zero-order valence-electron chi connectivity index (χ0n) is 22.7. The van der Waals surface area contributed by atoms with E-state index in [0.29, 0.717) is 43.2 Å². The Hall–Kier alpha value is -3.00. The summed E-state index contributed by atoms with van der Waals surface area (Å²) in [6.07, 6.45) is 5.31. The van der Waals surface area contributed by atoms with Gasteiger partial charge in [0.15, 0.2) is 5.76 Å². The lowest BCUT2D eigenvalue weighted by atomic mass is 9.97. The number of hydrogen-bond donors (Lipinski definition) is 2. The third-order valence-corrected chi connectivity index (χ3v) is 7.10. The number of rotatable bonds is 13. The van der Waals surface area contributed by atoms with Crippen LogP contribution in [0.25, 0.3) is 0 Å². The standard InChI is InChI=1S/C29H42N4O4/c1-19(2)18-23-27(37-29(32-23)24-12-8-9-17-33(24)4)26(35)22(15-14-21-10-6-5-7-11-21)31-25(34)16-13-20(3)28(30)36/h5-7,10-11,19-20,22,24H,8-9,12-18H2,1-4H3,(H2,30,36)(H,31,34). The second-order valence-corrected chi connectivity index (χ2v) is 10.8. The topological polar surface area (TPSA) is 119 Å². The maximum Gasteiger partial charge on any atom is 0.222 e. The van der Waals surface area contributed by atoms with Crippen molar-refractivity contribution in [2.24, 2.45) is 17.6 Å². The van der Waals surface area contributed by atoms with E-state index >= 15 is 0 Å². The molecule has 1 aliphatic heterocycles. The molecular formula is C29H42N4O4. The molecule has 0 aliphatic carbocycles. The van der Waals surface area contributed by atoms with Crippen LogP contribution in [0.4, 0.5) is 0 Å². The fourth-order valence-electron chi connectivity index (χ4n) is 4.76. The molecule has 1 saturated heterocycles. The molecule has 2 heterocycles. The molecule has 1 aromatic heterocycles. The summed E-state index contributed by atoms with van der Waals surface area (Å²) >= 11 is 0. The van der Waals surface area contributed by atoms with Crippen LogP contribution in [0.3, 0.4) is 0 Å². The zero-order valence-corrected chi connectivity index (χ0v) is 22.7. The molecule has 3 N–H and O–H groups in total. The third kappa shape index (κ3) is 8.25. The van der Waals surface area contributed by atoms with Gasteiger partial charge < -0.3 is 15.5 Å². The number of Topliss-reactive ketones (excluding diaryl/α,β-unsaturated/α-hetero) is 1. The Bertz CT molecular complexity index is 1050. The molecule has 3 unspecified atom stereocenters. The lowest BCUT2D eigenvalue weighted by Crippen LogP contribution is -2.41. The van der Waals surface area contributed by atoms with Crippen LogP contribution >= 0.6 is 0 Å². The van der Waals surface area contributed by atoms with E-state index in [-0.39, 0.29) is 29.9 Å². The van der Waals surface area contributed by atoms with Crippen LogP contribution in [0.2, 0.25) is 0 Å². The Morgan fingerprint density at radius 2 is 1.86 bits per heavy atom. The van der Waals surface area contributed by atoms with Gasteiger partial charge in [0.2, 0.25) is 23.5 Å². The van der Waals surface area contributed by atoms with Gasteiger partial charge in [0.25, 0.3) is 0 Å². The number of piperidine rings is 1. The minimum Gasteiger partial charge on any atom is -0.435 e. The van der Waals surface area contributed by atoms with Gasteiger partial charge in [-0.15, -0.1) is 0 Å². The Morgan fingerprint density at radius 1 is 1.14 bits per heavy atom. The molecule has 0 spiro atoms. The molecule has 1 aliphatic rings. The minimum atomic E-state index is -0.757. The molecule has 1 fully saturated rings. The molecular weight excluding hydrogens is 468 g/mol. The number of ketones is 1. The maximum absolute atomic E-state index is 13.9. The van der Waals surface area contributed by atoms with Crippen molar-refractivity contribution in [2.75, 3.05) is 13.6 Å². The SMILES string of the molecule is CC(C)Cc1nc(C2CCCCN2C)oc1C(=O)C(CCc1ccccc1)NC(=O)CCC(C)C(N)=O. The Morgan fingerprint density at radius 3 is 2.51 bits per heavy atom. The number of aryl methyl sites for hydroxylation is 1. The summed E-state index contributed by atoms with van der Waals surface area (Å²) in [5.41, 5.74) is 7.09. The van der Waals surface area contributed by atoms with Gasteiger partial charge in [-0.3, -0.25) is 19.3 Å². The Labute approximate surface area is 220 Å². The molecule has 8 nitrogen and oxygen atoms in total. The monoisotopic (exact) mass is 510 g/mol. The van der Waals surface area contributed by atoms with E-state index < -0.39 is 17.9 Å². The van der Waals surface area contributed by atoms with E-state index in [9.17, 15) is 14.4 Å². The molecule has 0 bridgehead atoms. The summed E-state index contributed by atoms with van der Waals surface area (Å²) < 4.78 is 6.22. The number of carbonyl (C=O) groups excluding carboxylic acids is 3. The summed E-state index contributed by atoms with van der Waals surface area (Å²) in [5, 5.41) is 2.92. The summed E-state index contributed by atoms with van der Waals surface area (Å²) in [6, 6.07) is 9.17. The number of nitrogens with two attached hydrogens (primary N) is 1. The molecule has 0 saturated carbocycles. The molecule has 202 valence electrons. The largest absolute Gasteiger partial charge is 0.435 e. The first-order chi connectivity index (χ1) is 17.7. The van der Waals surface area contributed by atoms with Crippen LogP contribution < -0.4 is 11.1 Å². The van der Waals surface area contributed by atoms with E-state index in [1.807, 2.05) is 30.3 Å². The molecule has 8 heteroatoms. The smallest absolute Gasteiger partial charge is 0.222 e. The van der Waals surface area contributed by atoms with Crippen molar-refractivity contribution in [1.29, 1.82) is 0 Å². The average molecular weight is 511 g/mol. The highest BCUT2D eigenvalue weighted by molar-refractivity contribution is 6.00. The second-order valence-electron chi connectivity index (χ2n) is 10.8. The minimum absolute atomic E-state index is 0.0499. The van der Waals surface area contributed by atoms with E-state index in [2.05, 4.69) is 31.1 Å². The van der Waals surface area contributed by atoms with E-state index in [1.165, 1.54) is 0 Å². The van der Waals surface area contributed by atoms with Gasteiger partial charge in [-0.1, -0.05) is 57.5 Å². The fourth-order valence-corrected chi connectivity index (χ4v) is 4.76. The highest BCUT2D eigenvalue weighted by Gasteiger charge is 2.32. The van der Waals surface area contributed by atoms with Crippen molar-refractivity contribution in [3.63, 3.8) is 0 Å². The van der Waals surface area contributed by atoms with Crippen molar-refractivity contribution in [3.05, 3.63) is 53.2 Å². The van der Waals surface area contributed by atoms with E-state index in [4.69, 9.17) is 15.1 Å². The quantitative estimate of drug-likeness (QED) is 0.389. The zero-order chi connectivity index (χ0) is 26.9. The van der Waals surface area contributed by atoms with Crippen molar-refractivity contribution < 1.29 is 18.8 Å². The van der Waals surface area contributed by atoms with E-state index in [0.717, 1.165) is 31.4 Å². The van der Waals surface area contributed by atoms with Gasteiger partial charge in [-0.05, 0) is 63.6 Å². The lowest BCUT2D eigenvalue weighted by Gasteiger charge is -2.29. The van der Waals surface area contributed by atoms with Gasteiger partial charge >= 0.3 is 0 Å². The second kappa shape index (κ2) is 13.5. The Balaban J connectivity index is 1.84. The number of oxazole rings is 1. The number of hydrogen-bond acceptors (Lipinski definition) is 6. The predicted octanol–water partition coefficient (Wildman–Crippen LogP) is 4.23. The van der Waals surface area contributed by atoms with Gasteiger partial charge in [0.05, 0.1) is 17.8 Å². The number of aromatic nitrogens is 1. The molecule has 0 radical (unpaired) electrons. The van der Waals surface area contributed by atoms with Crippen LogP contribution in [0.1, 0.15) is 93.0 Å². The van der Waals surface area contributed by atoms with Gasteiger partial charge in [-0.2, -0.15) is 0 Å². The van der Waals surface area contributed by atoms with Crippen molar-refractivity contribution in [3.8, 4) is 0 Å². The summed E-state index contributed by atoms with van der Waals surface area (Å²) in [7, 11) is 2.06. The third-order valence-electron chi connectivity index (χ3n) is 7.10. The summed E-state index contributed by atoms with van der Waals surface area (Å²) in [5.74, 6) is -0.245. The first-order valence-electron chi connectivity index (χ1n) is 13.5. The summed E-state index contributed by atoms with van der Waals surface area (Å²) in [6.45, 7) is 6.84. The molecule has 37 heavy (non-hydrogen) atoms. The molecule has 2 amide bonds. The lowest BCUT2D eigenvalue weighted by molar-refractivity contribution is -0.123. The molecule has 3 rings (SSSR count). The fraction of sp³-hybridized carbons (Fsp3) is 0.586.